The summed E-state index contributed by atoms with van der Waals surface area (Å²) in [5, 5.41) is 2.97. The second-order valence-electron chi connectivity index (χ2n) is 3.62. The maximum absolute atomic E-state index is 11.6. The molecule has 0 aliphatic carbocycles. The van der Waals surface area contributed by atoms with Crippen LogP contribution in [0, 0.1) is 0 Å². The monoisotopic (exact) mass is 218 g/mol. The number of anilines is 1. The molecule has 0 aromatic carbocycles. The Morgan fingerprint density at radius 1 is 1.44 bits per heavy atom. The highest BCUT2D eigenvalue weighted by Crippen LogP contribution is 2.06. The predicted molar refractivity (Wildman–Crippen MR) is 62.6 cm³/mol. The van der Waals surface area contributed by atoms with Crippen molar-refractivity contribution in [1.29, 1.82) is 0 Å². The van der Waals surface area contributed by atoms with E-state index in [1.54, 1.807) is 34.8 Å². The van der Waals surface area contributed by atoms with Crippen molar-refractivity contribution in [2.45, 2.75) is 6.54 Å². The van der Waals surface area contributed by atoms with Gasteiger partial charge in [0.1, 0.15) is 5.82 Å². The SMILES string of the molecule is CNc1cc(Cn2ccn(C)c2=O)ccn1. The molecule has 0 amide bonds. The fraction of sp³-hybridized carbons (Fsp3) is 0.273. The number of pyridine rings is 1. The lowest BCUT2D eigenvalue weighted by Gasteiger charge is -2.04. The van der Waals surface area contributed by atoms with Crippen LogP contribution in [-0.2, 0) is 13.6 Å². The van der Waals surface area contributed by atoms with Crippen LogP contribution in [0.3, 0.4) is 0 Å². The van der Waals surface area contributed by atoms with E-state index in [2.05, 4.69) is 10.3 Å². The van der Waals surface area contributed by atoms with E-state index in [4.69, 9.17) is 0 Å². The number of nitrogens with one attached hydrogen (secondary N) is 1. The molecular formula is C11H14N4O. The van der Waals surface area contributed by atoms with E-state index in [-0.39, 0.29) is 5.69 Å². The number of aromatic nitrogens is 3. The van der Waals surface area contributed by atoms with Crippen LogP contribution in [0.1, 0.15) is 5.56 Å². The summed E-state index contributed by atoms with van der Waals surface area (Å²) in [5.74, 6) is 0.807. The number of imidazole rings is 1. The van der Waals surface area contributed by atoms with Gasteiger partial charge in [0, 0.05) is 32.7 Å². The molecular weight excluding hydrogens is 204 g/mol. The third-order valence-corrected chi connectivity index (χ3v) is 2.45. The minimum atomic E-state index is -0.0113. The number of hydrogen-bond acceptors (Lipinski definition) is 3. The first-order valence-electron chi connectivity index (χ1n) is 5.05. The van der Waals surface area contributed by atoms with Crippen LogP contribution in [0.15, 0.2) is 35.5 Å². The van der Waals surface area contributed by atoms with Gasteiger partial charge in [0.15, 0.2) is 0 Å². The van der Waals surface area contributed by atoms with Gasteiger partial charge in [-0.3, -0.25) is 4.57 Å². The summed E-state index contributed by atoms with van der Waals surface area (Å²) in [5.41, 5.74) is 1.04. The molecule has 2 aromatic rings. The van der Waals surface area contributed by atoms with E-state index in [1.807, 2.05) is 19.2 Å². The molecule has 0 unspecified atom stereocenters. The normalized spacial score (nSPS) is 10.4. The molecule has 1 N–H and O–H groups in total. The van der Waals surface area contributed by atoms with Gasteiger partial charge in [-0.15, -0.1) is 0 Å². The lowest BCUT2D eigenvalue weighted by molar-refractivity contribution is 0.717. The van der Waals surface area contributed by atoms with Gasteiger partial charge >= 0.3 is 5.69 Å². The van der Waals surface area contributed by atoms with E-state index in [0.717, 1.165) is 11.4 Å². The zero-order valence-corrected chi connectivity index (χ0v) is 9.34. The van der Waals surface area contributed by atoms with Crippen molar-refractivity contribution in [3.63, 3.8) is 0 Å². The first-order valence-corrected chi connectivity index (χ1v) is 5.05. The Bertz CT molecular complexity index is 541. The molecule has 0 aliphatic heterocycles. The van der Waals surface area contributed by atoms with Gasteiger partial charge in [0.25, 0.3) is 0 Å². The molecule has 5 heteroatoms. The van der Waals surface area contributed by atoms with Crippen molar-refractivity contribution in [2.75, 3.05) is 12.4 Å². The molecule has 5 nitrogen and oxygen atoms in total. The summed E-state index contributed by atoms with van der Waals surface area (Å²) < 4.78 is 3.22. The van der Waals surface area contributed by atoms with Crippen LogP contribution in [0.25, 0.3) is 0 Å². The van der Waals surface area contributed by atoms with Gasteiger partial charge in [0.2, 0.25) is 0 Å². The van der Waals surface area contributed by atoms with Gasteiger partial charge in [-0.1, -0.05) is 0 Å². The summed E-state index contributed by atoms with van der Waals surface area (Å²) in [6.07, 6.45) is 5.26. The van der Waals surface area contributed by atoms with Gasteiger partial charge in [-0.25, -0.2) is 9.78 Å². The third-order valence-electron chi connectivity index (χ3n) is 2.45. The van der Waals surface area contributed by atoms with E-state index >= 15 is 0 Å². The van der Waals surface area contributed by atoms with E-state index in [0.29, 0.717) is 6.54 Å². The minimum absolute atomic E-state index is 0.0113. The maximum atomic E-state index is 11.6. The summed E-state index contributed by atoms with van der Waals surface area (Å²) >= 11 is 0. The fourth-order valence-electron chi connectivity index (χ4n) is 1.54. The molecule has 16 heavy (non-hydrogen) atoms. The quantitative estimate of drug-likeness (QED) is 0.824. The van der Waals surface area contributed by atoms with Crippen molar-refractivity contribution >= 4 is 5.82 Å². The van der Waals surface area contributed by atoms with Crippen LogP contribution in [-0.4, -0.2) is 21.2 Å². The Kier molecular flexibility index (Phi) is 2.76. The molecule has 2 aromatic heterocycles. The van der Waals surface area contributed by atoms with Gasteiger partial charge < -0.3 is 9.88 Å². The Balaban J connectivity index is 2.27. The van der Waals surface area contributed by atoms with Gasteiger partial charge in [-0.05, 0) is 17.7 Å². The summed E-state index contributed by atoms with van der Waals surface area (Å²) in [4.78, 5) is 15.7. The minimum Gasteiger partial charge on any atom is -0.373 e. The Labute approximate surface area is 93.4 Å². The topological polar surface area (TPSA) is 51.9 Å². The Hall–Kier alpha value is -2.04. The molecule has 0 saturated carbocycles. The highest BCUT2D eigenvalue weighted by atomic mass is 16.1. The van der Waals surface area contributed by atoms with Gasteiger partial charge in [0.05, 0.1) is 6.54 Å². The first-order chi connectivity index (χ1) is 7.70. The van der Waals surface area contributed by atoms with Crippen LogP contribution in [0.4, 0.5) is 5.82 Å². The maximum Gasteiger partial charge on any atom is 0.328 e. The van der Waals surface area contributed by atoms with Crippen LogP contribution in [0.5, 0.6) is 0 Å². The first kappa shape index (κ1) is 10.5. The zero-order chi connectivity index (χ0) is 11.5. The lowest BCUT2D eigenvalue weighted by atomic mass is 10.2. The summed E-state index contributed by atoms with van der Waals surface area (Å²) in [6.45, 7) is 0.566. The van der Waals surface area contributed by atoms with Crippen molar-refractivity contribution in [1.82, 2.24) is 14.1 Å². The van der Waals surface area contributed by atoms with E-state index in [9.17, 15) is 4.79 Å². The number of rotatable bonds is 3. The van der Waals surface area contributed by atoms with Gasteiger partial charge in [-0.2, -0.15) is 0 Å². The average Bonchev–Trinajstić information content (AvgIpc) is 2.61. The molecule has 0 bridgehead atoms. The van der Waals surface area contributed by atoms with Crippen molar-refractivity contribution in [3.05, 3.63) is 46.8 Å². The molecule has 2 rings (SSSR count). The summed E-state index contributed by atoms with van der Waals surface area (Å²) in [6, 6.07) is 3.83. The second kappa shape index (κ2) is 4.22. The molecule has 0 saturated heterocycles. The fourth-order valence-corrected chi connectivity index (χ4v) is 1.54. The number of hydrogen-bond donors (Lipinski definition) is 1. The average molecular weight is 218 g/mol. The third kappa shape index (κ3) is 1.98. The van der Waals surface area contributed by atoms with E-state index < -0.39 is 0 Å². The Morgan fingerprint density at radius 3 is 2.88 bits per heavy atom. The zero-order valence-electron chi connectivity index (χ0n) is 9.34. The standard InChI is InChI=1S/C11H14N4O/c1-12-10-7-9(3-4-13-10)8-15-6-5-14(2)11(15)16/h3-7H,8H2,1-2H3,(H,12,13). The number of aryl methyl sites for hydroxylation is 1. The lowest BCUT2D eigenvalue weighted by Crippen LogP contribution is -2.22. The molecule has 0 aliphatic rings. The van der Waals surface area contributed by atoms with Crippen LogP contribution >= 0.6 is 0 Å². The van der Waals surface area contributed by atoms with Crippen molar-refractivity contribution in [3.8, 4) is 0 Å². The smallest absolute Gasteiger partial charge is 0.328 e. The molecule has 0 spiro atoms. The highest BCUT2D eigenvalue weighted by Gasteiger charge is 2.01. The second-order valence-corrected chi connectivity index (χ2v) is 3.62. The van der Waals surface area contributed by atoms with Crippen LogP contribution < -0.4 is 11.0 Å². The summed E-state index contributed by atoms with van der Waals surface area (Å²) in [7, 11) is 3.56. The predicted octanol–water partition coefficient (Wildman–Crippen LogP) is 0.672. The van der Waals surface area contributed by atoms with E-state index in [1.165, 1.54) is 0 Å². The molecule has 0 atom stereocenters. The largest absolute Gasteiger partial charge is 0.373 e. The van der Waals surface area contributed by atoms with Crippen LogP contribution in [0.2, 0.25) is 0 Å². The highest BCUT2D eigenvalue weighted by molar-refractivity contribution is 5.36. The molecule has 84 valence electrons. The molecule has 0 fully saturated rings. The Morgan fingerprint density at radius 2 is 2.25 bits per heavy atom. The molecule has 0 radical (unpaired) electrons. The molecule has 2 heterocycles. The van der Waals surface area contributed by atoms with Crippen molar-refractivity contribution < 1.29 is 0 Å². The number of nitrogens with zero attached hydrogens (tertiary/aromatic N) is 3. The van der Waals surface area contributed by atoms with Crippen molar-refractivity contribution in [2.24, 2.45) is 7.05 Å².